The van der Waals surface area contributed by atoms with Crippen molar-refractivity contribution in [3.63, 3.8) is 0 Å². The third-order valence-electron chi connectivity index (χ3n) is 5.64. The van der Waals surface area contributed by atoms with Gasteiger partial charge in [-0.15, -0.1) is 0 Å². The number of imidazole rings is 1. The topological polar surface area (TPSA) is 78.3 Å². The number of ether oxygens (including phenoxy) is 2. The molecule has 35 heavy (non-hydrogen) atoms. The fourth-order valence-electron chi connectivity index (χ4n) is 3.96. The van der Waals surface area contributed by atoms with Crippen molar-refractivity contribution in [2.45, 2.75) is 26.3 Å². The maximum Gasteiger partial charge on any atom is 0.251 e. The summed E-state index contributed by atoms with van der Waals surface area (Å²) in [5.41, 5.74) is 3.70. The fraction of sp³-hybridized carbons (Fsp3) is 0.250. The molecule has 7 nitrogen and oxygen atoms in total. The molecule has 2 aromatic carbocycles. The number of fused-ring (bicyclic) bond motifs is 1. The minimum Gasteiger partial charge on any atom is -0.493 e. The molecule has 0 radical (unpaired) electrons. The van der Waals surface area contributed by atoms with Crippen molar-refractivity contribution in [3.05, 3.63) is 90.0 Å². The molecule has 0 aliphatic heterocycles. The van der Waals surface area contributed by atoms with E-state index >= 15 is 0 Å². The van der Waals surface area contributed by atoms with Crippen LogP contribution in [0.5, 0.6) is 11.5 Å². The zero-order valence-corrected chi connectivity index (χ0v) is 20.1. The van der Waals surface area contributed by atoms with E-state index in [1.165, 1.54) is 0 Å². The highest BCUT2D eigenvalue weighted by molar-refractivity contribution is 5.93. The average molecular weight is 471 g/mol. The first-order valence-electron chi connectivity index (χ1n) is 11.8. The van der Waals surface area contributed by atoms with Gasteiger partial charge in [0.1, 0.15) is 5.82 Å². The molecular formula is C28H30N4O3. The summed E-state index contributed by atoms with van der Waals surface area (Å²) in [6.07, 6.45) is 8.68. The molecule has 1 amide bonds. The number of nitrogens with zero attached hydrogens (tertiary/aromatic N) is 3. The van der Waals surface area contributed by atoms with E-state index in [4.69, 9.17) is 14.5 Å². The Kier molecular flexibility index (Phi) is 8.12. The van der Waals surface area contributed by atoms with E-state index in [-0.39, 0.29) is 5.91 Å². The monoisotopic (exact) mass is 470 g/mol. The number of pyridine rings is 1. The molecule has 180 valence electrons. The smallest absolute Gasteiger partial charge is 0.251 e. The highest BCUT2D eigenvalue weighted by Gasteiger charge is 2.12. The Balaban J connectivity index is 1.38. The van der Waals surface area contributed by atoms with Crippen molar-refractivity contribution in [1.82, 2.24) is 19.9 Å². The van der Waals surface area contributed by atoms with Crippen LogP contribution in [0.25, 0.3) is 17.1 Å². The van der Waals surface area contributed by atoms with Crippen LogP contribution in [0, 0.1) is 0 Å². The maximum absolute atomic E-state index is 12.4. The van der Waals surface area contributed by atoms with Gasteiger partial charge in [-0.3, -0.25) is 9.78 Å². The Bertz CT molecular complexity index is 1300. The predicted octanol–water partition coefficient (Wildman–Crippen LogP) is 4.91. The van der Waals surface area contributed by atoms with E-state index in [9.17, 15) is 4.79 Å². The van der Waals surface area contributed by atoms with E-state index in [1.54, 1.807) is 31.6 Å². The molecule has 1 N–H and O–H groups in total. The molecule has 2 heterocycles. The molecule has 0 saturated heterocycles. The fourth-order valence-corrected chi connectivity index (χ4v) is 3.96. The third-order valence-corrected chi connectivity index (χ3v) is 5.64. The van der Waals surface area contributed by atoms with E-state index in [1.807, 2.05) is 55.5 Å². The van der Waals surface area contributed by atoms with Crippen LogP contribution in [0.4, 0.5) is 0 Å². The van der Waals surface area contributed by atoms with Crippen LogP contribution in [-0.2, 0) is 13.0 Å². The van der Waals surface area contributed by atoms with Crippen molar-refractivity contribution >= 4 is 23.0 Å². The minimum absolute atomic E-state index is 0.113. The van der Waals surface area contributed by atoms with E-state index in [0.717, 1.165) is 46.9 Å². The predicted molar refractivity (Wildman–Crippen MR) is 138 cm³/mol. The van der Waals surface area contributed by atoms with Crippen LogP contribution in [0.3, 0.4) is 0 Å². The summed E-state index contributed by atoms with van der Waals surface area (Å²) in [4.78, 5) is 21.1. The summed E-state index contributed by atoms with van der Waals surface area (Å²) in [5, 5.41) is 2.97. The van der Waals surface area contributed by atoms with E-state index in [0.29, 0.717) is 25.1 Å². The zero-order valence-electron chi connectivity index (χ0n) is 20.1. The van der Waals surface area contributed by atoms with Crippen LogP contribution in [0.2, 0.25) is 0 Å². The van der Waals surface area contributed by atoms with Gasteiger partial charge in [0.2, 0.25) is 0 Å². The first-order chi connectivity index (χ1) is 17.2. The molecule has 0 saturated carbocycles. The lowest BCUT2D eigenvalue weighted by Crippen LogP contribution is -2.26. The summed E-state index contributed by atoms with van der Waals surface area (Å²) in [7, 11) is 1.65. The molecule has 0 bridgehead atoms. The first kappa shape index (κ1) is 24.0. The molecule has 4 rings (SSSR count). The number of carbonyl (C=O) groups is 1. The number of carbonyl (C=O) groups excluding carboxylic acids is 1. The van der Waals surface area contributed by atoms with Gasteiger partial charge in [0, 0.05) is 37.5 Å². The molecule has 2 aromatic heterocycles. The van der Waals surface area contributed by atoms with Gasteiger partial charge in [0.15, 0.2) is 11.5 Å². The Hall–Kier alpha value is -4.13. The molecule has 7 heteroatoms. The van der Waals surface area contributed by atoms with Gasteiger partial charge in [-0.05, 0) is 55.3 Å². The molecule has 0 fully saturated rings. The number of benzene rings is 2. The summed E-state index contributed by atoms with van der Waals surface area (Å²) in [6.45, 7) is 3.79. The number of para-hydroxylation sites is 2. The molecule has 0 spiro atoms. The number of aromatic nitrogens is 3. The van der Waals surface area contributed by atoms with Gasteiger partial charge in [-0.25, -0.2) is 4.98 Å². The summed E-state index contributed by atoms with van der Waals surface area (Å²) >= 11 is 0. The molecule has 4 aromatic rings. The summed E-state index contributed by atoms with van der Waals surface area (Å²) < 4.78 is 13.7. The Labute approximate surface area is 205 Å². The normalized spacial score (nSPS) is 11.1. The number of aryl methyl sites for hydroxylation is 1. The largest absolute Gasteiger partial charge is 0.493 e. The lowest BCUT2D eigenvalue weighted by atomic mass is 10.2. The molecule has 0 atom stereocenters. The molecular weight excluding hydrogens is 440 g/mol. The van der Waals surface area contributed by atoms with Gasteiger partial charge in [0.05, 0.1) is 24.8 Å². The van der Waals surface area contributed by atoms with Crippen LogP contribution in [0.15, 0.2) is 73.1 Å². The SMILES string of the molecule is C/C=C/c1ccc(OCCCn2c(CCNC(=O)c3ccncc3)nc3ccccc32)c(OC)c1. The van der Waals surface area contributed by atoms with Gasteiger partial charge < -0.3 is 19.4 Å². The number of hydrogen-bond acceptors (Lipinski definition) is 5. The number of nitrogens with one attached hydrogen (secondary N) is 1. The standard InChI is InChI=1S/C28H30N4O3/c1-3-7-21-10-11-25(26(20-21)34-2)35-19-6-18-32-24-9-5-4-8-23(24)31-27(32)14-17-30-28(33)22-12-15-29-16-13-22/h3-5,7-13,15-16,20H,6,14,17-19H2,1-2H3,(H,30,33)/b7-3+. The zero-order chi connectivity index (χ0) is 24.5. The van der Waals surface area contributed by atoms with Crippen molar-refractivity contribution in [1.29, 1.82) is 0 Å². The van der Waals surface area contributed by atoms with Crippen LogP contribution in [0.1, 0.15) is 35.1 Å². The van der Waals surface area contributed by atoms with E-state index in [2.05, 4.69) is 20.9 Å². The molecule has 0 unspecified atom stereocenters. The number of rotatable bonds is 11. The first-order valence-corrected chi connectivity index (χ1v) is 11.8. The van der Waals surface area contributed by atoms with Gasteiger partial charge >= 0.3 is 0 Å². The minimum atomic E-state index is -0.113. The van der Waals surface area contributed by atoms with Crippen LogP contribution >= 0.6 is 0 Å². The second-order valence-electron chi connectivity index (χ2n) is 8.02. The lowest BCUT2D eigenvalue weighted by molar-refractivity contribution is 0.0954. The van der Waals surface area contributed by atoms with Gasteiger partial charge in [0.25, 0.3) is 5.91 Å². The second kappa shape index (κ2) is 11.8. The lowest BCUT2D eigenvalue weighted by Gasteiger charge is -2.13. The van der Waals surface area contributed by atoms with Crippen molar-refractivity contribution in [3.8, 4) is 11.5 Å². The molecule has 0 aliphatic rings. The summed E-state index contributed by atoms with van der Waals surface area (Å²) in [6, 6.07) is 17.4. The van der Waals surface area contributed by atoms with Crippen molar-refractivity contribution in [2.24, 2.45) is 0 Å². The number of hydrogen-bond donors (Lipinski definition) is 1. The van der Waals surface area contributed by atoms with Gasteiger partial charge in [-0.1, -0.05) is 30.4 Å². The van der Waals surface area contributed by atoms with Crippen molar-refractivity contribution in [2.75, 3.05) is 20.3 Å². The quantitative estimate of drug-likeness (QED) is 0.315. The Morgan fingerprint density at radius 3 is 2.71 bits per heavy atom. The highest BCUT2D eigenvalue weighted by Crippen LogP contribution is 2.29. The number of methoxy groups -OCH3 is 1. The molecule has 0 aliphatic carbocycles. The van der Waals surface area contributed by atoms with Crippen molar-refractivity contribution < 1.29 is 14.3 Å². The maximum atomic E-state index is 12.4. The Morgan fingerprint density at radius 1 is 1.09 bits per heavy atom. The summed E-state index contributed by atoms with van der Waals surface area (Å²) in [5.74, 6) is 2.28. The second-order valence-corrected chi connectivity index (χ2v) is 8.02. The van der Waals surface area contributed by atoms with Crippen LogP contribution in [-0.4, -0.2) is 40.7 Å². The van der Waals surface area contributed by atoms with Crippen LogP contribution < -0.4 is 14.8 Å². The van der Waals surface area contributed by atoms with Gasteiger partial charge in [-0.2, -0.15) is 0 Å². The Morgan fingerprint density at radius 2 is 1.91 bits per heavy atom. The highest BCUT2D eigenvalue weighted by atomic mass is 16.5. The number of amides is 1. The third kappa shape index (κ3) is 6.06. The number of allylic oxidation sites excluding steroid dienone is 1. The van der Waals surface area contributed by atoms with E-state index < -0.39 is 0 Å². The average Bonchev–Trinajstić information content (AvgIpc) is 3.25.